The van der Waals surface area contributed by atoms with Gasteiger partial charge in [-0.25, -0.2) is 13.8 Å². The zero-order valence-electron chi connectivity index (χ0n) is 37.3. The number of hydrogen-bond acceptors (Lipinski definition) is 13. The first-order valence-corrected chi connectivity index (χ1v) is 23.1. The number of amides is 4. The first-order chi connectivity index (χ1) is 31.4. The second-order valence-electron chi connectivity index (χ2n) is 18.7. The molecule has 1 saturated carbocycles. The molecule has 0 spiro atoms. The molecule has 5 atom stereocenters. The number of ether oxygens (including phenoxy) is 2. The summed E-state index contributed by atoms with van der Waals surface area (Å²) in [4.78, 5) is 69.4. The predicted molar refractivity (Wildman–Crippen MR) is 238 cm³/mol. The number of nitrogens with zero attached hydrogens (tertiary/aromatic N) is 6. The zero-order chi connectivity index (χ0) is 45.6. The van der Waals surface area contributed by atoms with Gasteiger partial charge in [-0.15, -0.1) is 0 Å². The summed E-state index contributed by atoms with van der Waals surface area (Å²) < 4.78 is 42.7. The van der Waals surface area contributed by atoms with Gasteiger partial charge in [-0.3, -0.25) is 24.5 Å². The van der Waals surface area contributed by atoms with E-state index >= 15 is 8.78 Å². The van der Waals surface area contributed by atoms with Gasteiger partial charge in [-0.2, -0.15) is 4.98 Å². The predicted octanol–water partition coefficient (Wildman–Crippen LogP) is 4.49. The summed E-state index contributed by atoms with van der Waals surface area (Å²) in [5.41, 5.74) is 1.02. The molecule has 2 aromatic carbocycles. The Morgan fingerprint density at radius 1 is 1.03 bits per heavy atom. The molecule has 3 aromatic rings. The van der Waals surface area contributed by atoms with Crippen LogP contribution in [0, 0.1) is 29.4 Å². The average Bonchev–Trinajstić information content (AvgIpc) is 3.99. The Morgan fingerprint density at radius 3 is 2.45 bits per heavy atom. The number of aliphatic hydroxyl groups is 1. The number of methoxy groups -OCH3 is 1. The Kier molecular flexibility index (Phi) is 12.7. The molecule has 4 saturated heterocycles. The number of hydrogen-bond donors (Lipinski definition) is 4. The molecule has 1 aromatic heterocycles. The van der Waals surface area contributed by atoms with Gasteiger partial charge < -0.3 is 44.8 Å². The molecular weight excluding hydrogens is 841 g/mol. The highest BCUT2D eigenvalue weighted by Gasteiger charge is 2.53. The summed E-state index contributed by atoms with van der Waals surface area (Å²) in [6.45, 7) is 5.96. The first kappa shape index (κ1) is 44.7. The highest BCUT2D eigenvalue weighted by Crippen LogP contribution is 2.43. The summed E-state index contributed by atoms with van der Waals surface area (Å²) in [7, 11) is 3.30. The second kappa shape index (κ2) is 18.4. The number of likely N-dealkylation sites (tertiary alicyclic amines) is 1. The van der Waals surface area contributed by atoms with Crippen LogP contribution in [-0.2, 0) is 19.1 Å². The van der Waals surface area contributed by atoms with E-state index in [1.54, 1.807) is 36.3 Å². The van der Waals surface area contributed by atoms with E-state index in [0.29, 0.717) is 86.6 Å². The van der Waals surface area contributed by atoms with Crippen molar-refractivity contribution in [2.24, 2.45) is 17.8 Å². The molecule has 3 unspecified atom stereocenters. The standard InChI is InChI=1S/C47H59F2N9O7/c1-4-37-45(63)55(2)38-20-50-46(53-42(38)58(37)31-7-5-6-8-31)51-36-11-9-28(17-39(36)64-3)43(61)54-47(14-16-59)29-23-56(24-30(47)26-65-25-29)21-27-13-15-57(22-27)32-18-34(48)41(35(49)19-32)33-10-12-40(60)52-44(33)62/h9,11,17-20,27,29-31,33,37,59H,4-8,10,12-16,21-26H2,1-3H3,(H,54,61)(H,50,51,53)(H,52,60,62)/t27-,29?,30?,33?,37+,47?/m0/s1. The Bertz CT molecular complexity index is 2290. The molecule has 1 aliphatic carbocycles. The van der Waals surface area contributed by atoms with Crippen LogP contribution in [0.3, 0.4) is 0 Å². The van der Waals surface area contributed by atoms with Crippen LogP contribution < -0.4 is 35.4 Å². The maximum absolute atomic E-state index is 15.4. The number of halogens is 2. The Balaban J connectivity index is 0.862. The molecule has 4 N–H and O–H groups in total. The van der Waals surface area contributed by atoms with Crippen LogP contribution in [0.5, 0.6) is 5.75 Å². The summed E-state index contributed by atoms with van der Waals surface area (Å²) in [5, 5.41) is 19.3. The van der Waals surface area contributed by atoms with Crippen LogP contribution >= 0.6 is 0 Å². The number of benzene rings is 2. The maximum Gasteiger partial charge on any atom is 0.251 e. The number of aromatic nitrogens is 2. The number of piperidine rings is 2. The molecular formula is C47H59F2N9O7. The molecule has 6 heterocycles. The molecule has 4 amide bonds. The van der Waals surface area contributed by atoms with Crippen LogP contribution in [0.15, 0.2) is 36.5 Å². The van der Waals surface area contributed by atoms with Gasteiger partial charge in [-0.1, -0.05) is 19.8 Å². The van der Waals surface area contributed by atoms with Gasteiger partial charge in [0.1, 0.15) is 29.1 Å². The third-order valence-electron chi connectivity index (χ3n) is 14.9. The summed E-state index contributed by atoms with van der Waals surface area (Å²) in [6.07, 6.45) is 7.86. The lowest BCUT2D eigenvalue weighted by Crippen LogP contribution is -2.71. The van der Waals surface area contributed by atoms with Crippen molar-refractivity contribution < 1.29 is 42.5 Å². The third kappa shape index (κ3) is 8.48. The van der Waals surface area contributed by atoms with E-state index in [9.17, 15) is 24.3 Å². The van der Waals surface area contributed by atoms with Gasteiger partial charge in [0.15, 0.2) is 5.82 Å². The lowest BCUT2D eigenvalue weighted by molar-refractivity contribution is -0.134. The fraction of sp³-hybridized carbons (Fsp3) is 0.574. The molecule has 18 heteroatoms. The Hall–Kier alpha value is -5.46. The zero-order valence-corrected chi connectivity index (χ0v) is 37.3. The van der Waals surface area contributed by atoms with Crippen LogP contribution in [0.1, 0.15) is 86.6 Å². The van der Waals surface area contributed by atoms with Gasteiger partial charge in [-0.05, 0) is 74.8 Å². The van der Waals surface area contributed by atoms with E-state index in [2.05, 4.69) is 30.7 Å². The number of anilines is 5. The van der Waals surface area contributed by atoms with Crippen LogP contribution in [0.25, 0.3) is 0 Å². The van der Waals surface area contributed by atoms with Crippen molar-refractivity contribution in [2.45, 2.75) is 88.3 Å². The van der Waals surface area contributed by atoms with Crippen molar-refractivity contribution in [2.75, 3.05) is 86.7 Å². The molecule has 65 heavy (non-hydrogen) atoms. The van der Waals surface area contributed by atoms with Crippen molar-refractivity contribution in [3.05, 3.63) is 59.3 Å². The molecule has 2 bridgehead atoms. The number of nitrogens with one attached hydrogen (secondary N) is 3. The average molecular weight is 900 g/mol. The molecule has 9 rings (SSSR count). The highest BCUT2D eigenvalue weighted by atomic mass is 19.1. The minimum atomic E-state index is -1.05. The van der Waals surface area contributed by atoms with Gasteiger partial charge in [0.05, 0.1) is 43.7 Å². The topological polar surface area (TPSA) is 182 Å². The number of carbonyl (C=O) groups excluding carboxylic acids is 4. The number of aliphatic hydroxyl groups excluding tert-OH is 1. The summed E-state index contributed by atoms with van der Waals surface area (Å²) in [6, 6.07) is 7.68. The normalized spacial score (nSPS) is 27.2. The van der Waals surface area contributed by atoms with E-state index in [-0.39, 0.29) is 66.7 Å². The van der Waals surface area contributed by atoms with Gasteiger partial charge in [0.25, 0.3) is 5.91 Å². The third-order valence-corrected chi connectivity index (χ3v) is 14.9. The van der Waals surface area contributed by atoms with E-state index in [1.807, 2.05) is 11.8 Å². The molecule has 348 valence electrons. The summed E-state index contributed by atoms with van der Waals surface area (Å²) >= 11 is 0. The van der Waals surface area contributed by atoms with Crippen LogP contribution in [0.2, 0.25) is 0 Å². The minimum Gasteiger partial charge on any atom is -0.495 e. The van der Waals surface area contributed by atoms with Crippen molar-refractivity contribution in [1.29, 1.82) is 0 Å². The number of likely N-dealkylation sites (N-methyl/N-ethyl adjacent to an activating group) is 1. The van der Waals surface area contributed by atoms with Crippen molar-refractivity contribution in [1.82, 2.24) is 25.5 Å². The number of rotatable bonds is 13. The van der Waals surface area contributed by atoms with Crippen LogP contribution in [0.4, 0.5) is 37.6 Å². The van der Waals surface area contributed by atoms with Gasteiger partial charge in [0.2, 0.25) is 23.7 Å². The molecule has 0 radical (unpaired) electrons. The van der Waals surface area contributed by atoms with E-state index < -0.39 is 34.9 Å². The van der Waals surface area contributed by atoms with Crippen molar-refractivity contribution in [3.63, 3.8) is 0 Å². The smallest absolute Gasteiger partial charge is 0.251 e. The van der Waals surface area contributed by atoms with Gasteiger partial charge in [0, 0.05) is 87.5 Å². The largest absolute Gasteiger partial charge is 0.495 e. The summed E-state index contributed by atoms with van der Waals surface area (Å²) in [5.74, 6) is -2.53. The second-order valence-corrected chi connectivity index (χ2v) is 18.7. The number of carbonyl (C=O) groups is 4. The van der Waals surface area contributed by atoms with Crippen molar-refractivity contribution >= 4 is 52.5 Å². The maximum atomic E-state index is 15.4. The van der Waals surface area contributed by atoms with Gasteiger partial charge >= 0.3 is 0 Å². The lowest BCUT2D eigenvalue weighted by atomic mass is 9.67. The van der Waals surface area contributed by atoms with E-state index in [0.717, 1.165) is 44.5 Å². The van der Waals surface area contributed by atoms with Crippen molar-refractivity contribution in [3.8, 4) is 5.75 Å². The molecule has 5 aliphatic heterocycles. The quantitative estimate of drug-likeness (QED) is 0.177. The number of imide groups is 1. The molecule has 6 aliphatic rings. The molecule has 16 nitrogen and oxygen atoms in total. The molecule has 5 fully saturated rings. The van der Waals surface area contributed by atoms with Crippen LogP contribution in [-0.4, -0.2) is 128 Å². The lowest BCUT2D eigenvalue weighted by Gasteiger charge is -2.56. The fourth-order valence-corrected chi connectivity index (χ4v) is 11.5. The Labute approximate surface area is 377 Å². The van der Waals surface area contributed by atoms with E-state index in [4.69, 9.17) is 14.5 Å². The highest BCUT2D eigenvalue weighted by molar-refractivity contribution is 6.04. The Morgan fingerprint density at radius 2 is 1.77 bits per heavy atom. The number of fused-ring (bicyclic) bond motifs is 3. The SMILES string of the molecule is CC[C@@H]1C(=O)N(C)c2cnc(Nc3ccc(C(=O)NC4(CCO)C5COCC4CN(C[C@@H]4CCN(c6cc(F)c(C7CCC(=O)NC7=O)c(F)c6)C4)C5)cc3OC)nc2N1C1CCCC1. The fourth-order valence-electron chi connectivity index (χ4n) is 11.5. The monoisotopic (exact) mass is 899 g/mol. The first-order valence-electron chi connectivity index (χ1n) is 23.1. The van der Waals surface area contributed by atoms with E-state index in [1.165, 1.54) is 19.2 Å². The minimum absolute atomic E-state index is 0.0295.